The first kappa shape index (κ1) is 21.5. The summed E-state index contributed by atoms with van der Waals surface area (Å²) in [6.07, 6.45) is -2.52. The summed E-state index contributed by atoms with van der Waals surface area (Å²) < 4.78 is 46.3. The number of hydrogen-bond acceptors (Lipinski definition) is 3. The van der Waals surface area contributed by atoms with E-state index < -0.39 is 11.7 Å². The van der Waals surface area contributed by atoms with Gasteiger partial charge in [-0.3, -0.25) is 4.57 Å². The number of hydrogen-bond donors (Lipinski definition) is 1. The highest BCUT2D eigenvalue weighted by Crippen LogP contribution is 2.36. The van der Waals surface area contributed by atoms with Gasteiger partial charge < -0.3 is 10.1 Å². The molecule has 0 saturated heterocycles. The first-order valence-corrected chi connectivity index (χ1v) is 10.0. The molecule has 0 aliphatic rings. The molecule has 1 aromatic heterocycles. The van der Waals surface area contributed by atoms with Crippen LogP contribution in [0.4, 0.5) is 19.1 Å². The van der Waals surface area contributed by atoms with Gasteiger partial charge in [-0.25, -0.2) is 4.98 Å². The predicted octanol–water partition coefficient (Wildman–Crippen LogP) is 6.49. The fourth-order valence-electron chi connectivity index (χ4n) is 3.49. The number of methoxy groups -OCH3 is 1. The number of nitrogens with one attached hydrogen (secondary N) is 1. The van der Waals surface area contributed by atoms with Gasteiger partial charge in [-0.05, 0) is 42.3 Å². The molecule has 0 fully saturated rings. The Morgan fingerprint density at radius 3 is 2.44 bits per heavy atom. The Morgan fingerprint density at radius 2 is 1.75 bits per heavy atom. The van der Waals surface area contributed by atoms with E-state index in [1.165, 1.54) is 19.2 Å². The van der Waals surface area contributed by atoms with E-state index in [4.69, 9.17) is 9.72 Å². The highest BCUT2D eigenvalue weighted by molar-refractivity contribution is 5.62. The number of anilines is 1. The molecule has 0 aliphatic carbocycles. The Kier molecular flexibility index (Phi) is 5.90. The van der Waals surface area contributed by atoms with Gasteiger partial charge in [-0.1, -0.05) is 48.5 Å². The van der Waals surface area contributed by atoms with Gasteiger partial charge in [-0.2, -0.15) is 13.2 Å². The molecule has 164 valence electrons. The molecular formula is C25H22F3N3O. The van der Waals surface area contributed by atoms with Crippen LogP contribution in [0, 0.1) is 6.92 Å². The Morgan fingerprint density at radius 1 is 0.969 bits per heavy atom. The third kappa shape index (κ3) is 4.61. The van der Waals surface area contributed by atoms with Crippen molar-refractivity contribution in [2.24, 2.45) is 0 Å². The van der Waals surface area contributed by atoms with E-state index in [1.54, 1.807) is 0 Å². The summed E-state index contributed by atoms with van der Waals surface area (Å²) in [4.78, 5) is 4.74. The summed E-state index contributed by atoms with van der Waals surface area (Å²) in [6.45, 7) is 2.30. The second-order valence-electron chi connectivity index (χ2n) is 7.41. The fraction of sp³-hybridized carbons (Fsp3) is 0.160. The summed E-state index contributed by atoms with van der Waals surface area (Å²) in [6, 6.07) is 21.7. The van der Waals surface area contributed by atoms with Crippen molar-refractivity contribution >= 4 is 5.95 Å². The number of benzene rings is 3. The van der Waals surface area contributed by atoms with E-state index in [1.807, 2.05) is 72.3 Å². The average Bonchev–Trinajstić information content (AvgIpc) is 3.22. The molecule has 4 aromatic rings. The molecule has 0 atom stereocenters. The maximum Gasteiger partial charge on any atom is 0.419 e. The second kappa shape index (κ2) is 8.78. The summed E-state index contributed by atoms with van der Waals surface area (Å²) in [7, 11) is 1.23. The first-order chi connectivity index (χ1) is 15.3. The highest BCUT2D eigenvalue weighted by atomic mass is 19.4. The minimum atomic E-state index is -4.47. The van der Waals surface area contributed by atoms with Crippen LogP contribution < -0.4 is 10.1 Å². The third-order valence-corrected chi connectivity index (χ3v) is 5.08. The Bertz CT molecular complexity index is 1220. The van der Waals surface area contributed by atoms with E-state index in [0.29, 0.717) is 11.5 Å². The standard InChI is InChI=1S/C25H22F3N3O/c1-17-7-6-10-20(13-17)31-16-22(19-8-4-3-5-9-19)30-24(31)29-15-18-11-12-21(25(26,27)28)23(14-18)32-2/h3-14,16H,15H2,1-2H3,(H,29,30). The molecule has 7 heteroatoms. The monoisotopic (exact) mass is 437 g/mol. The number of rotatable bonds is 6. The summed E-state index contributed by atoms with van der Waals surface area (Å²) in [5.41, 5.74) is 3.66. The van der Waals surface area contributed by atoms with Crippen molar-refractivity contribution in [1.29, 1.82) is 0 Å². The lowest BCUT2D eigenvalue weighted by Crippen LogP contribution is -2.10. The predicted molar refractivity (Wildman–Crippen MR) is 119 cm³/mol. The van der Waals surface area contributed by atoms with Crippen LogP contribution in [0.2, 0.25) is 0 Å². The Balaban J connectivity index is 1.66. The molecule has 0 amide bonds. The lowest BCUT2D eigenvalue weighted by molar-refractivity contribution is -0.138. The lowest BCUT2D eigenvalue weighted by Gasteiger charge is -2.14. The van der Waals surface area contributed by atoms with Gasteiger partial charge in [0.05, 0.1) is 18.4 Å². The van der Waals surface area contributed by atoms with E-state index >= 15 is 0 Å². The summed E-state index contributed by atoms with van der Waals surface area (Å²) in [5, 5.41) is 3.26. The van der Waals surface area contributed by atoms with Gasteiger partial charge in [-0.15, -0.1) is 0 Å². The van der Waals surface area contributed by atoms with Crippen LogP contribution in [-0.4, -0.2) is 16.7 Å². The van der Waals surface area contributed by atoms with Crippen molar-refractivity contribution < 1.29 is 17.9 Å². The van der Waals surface area contributed by atoms with Gasteiger partial charge in [0.25, 0.3) is 0 Å². The van der Waals surface area contributed by atoms with Gasteiger partial charge in [0, 0.05) is 24.0 Å². The molecule has 1 N–H and O–H groups in total. The van der Waals surface area contributed by atoms with Gasteiger partial charge in [0.15, 0.2) is 0 Å². The van der Waals surface area contributed by atoms with E-state index in [0.717, 1.165) is 28.6 Å². The average molecular weight is 437 g/mol. The fourth-order valence-corrected chi connectivity index (χ4v) is 3.49. The zero-order valence-electron chi connectivity index (χ0n) is 17.6. The quantitative estimate of drug-likeness (QED) is 0.375. The molecule has 0 aliphatic heterocycles. The van der Waals surface area contributed by atoms with Crippen LogP contribution >= 0.6 is 0 Å². The lowest BCUT2D eigenvalue weighted by atomic mass is 10.1. The van der Waals surface area contributed by atoms with Crippen molar-refractivity contribution in [3.8, 4) is 22.7 Å². The smallest absolute Gasteiger partial charge is 0.419 e. The number of aromatic nitrogens is 2. The molecule has 0 radical (unpaired) electrons. The van der Waals surface area contributed by atoms with Crippen LogP contribution in [0.25, 0.3) is 16.9 Å². The number of imidazole rings is 1. The topological polar surface area (TPSA) is 39.1 Å². The van der Waals surface area contributed by atoms with Gasteiger partial charge >= 0.3 is 6.18 Å². The molecule has 1 heterocycles. The van der Waals surface area contributed by atoms with Crippen LogP contribution in [0.3, 0.4) is 0 Å². The van der Waals surface area contributed by atoms with Crippen molar-refractivity contribution in [2.75, 3.05) is 12.4 Å². The maximum absolute atomic E-state index is 13.1. The van der Waals surface area contributed by atoms with Crippen LogP contribution in [0.15, 0.2) is 79.0 Å². The SMILES string of the molecule is COc1cc(CNc2nc(-c3ccccc3)cn2-c2cccc(C)c2)ccc1C(F)(F)F. The molecule has 0 unspecified atom stereocenters. The van der Waals surface area contributed by atoms with Crippen LogP contribution in [0.5, 0.6) is 5.75 Å². The molecule has 0 saturated carbocycles. The van der Waals surface area contributed by atoms with Crippen molar-refractivity contribution in [1.82, 2.24) is 9.55 Å². The number of ether oxygens (including phenoxy) is 1. The molecule has 3 aromatic carbocycles. The molecular weight excluding hydrogens is 415 g/mol. The number of nitrogens with zero attached hydrogens (tertiary/aromatic N) is 2. The highest BCUT2D eigenvalue weighted by Gasteiger charge is 2.34. The summed E-state index contributed by atoms with van der Waals surface area (Å²) in [5.74, 6) is 0.386. The summed E-state index contributed by atoms with van der Waals surface area (Å²) >= 11 is 0. The normalized spacial score (nSPS) is 11.4. The maximum atomic E-state index is 13.1. The minimum Gasteiger partial charge on any atom is -0.496 e. The molecule has 32 heavy (non-hydrogen) atoms. The van der Waals surface area contributed by atoms with Crippen LogP contribution in [0.1, 0.15) is 16.7 Å². The minimum absolute atomic E-state index is 0.205. The second-order valence-corrected chi connectivity index (χ2v) is 7.41. The van der Waals surface area contributed by atoms with Crippen molar-refractivity contribution in [3.63, 3.8) is 0 Å². The van der Waals surface area contributed by atoms with Crippen molar-refractivity contribution in [3.05, 3.63) is 95.7 Å². The Labute approximate surface area is 184 Å². The molecule has 0 spiro atoms. The van der Waals surface area contributed by atoms with E-state index in [9.17, 15) is 13.2 Å². The molecule has 0 bridgehead atoms. The third-order valence-electron chi connectivity index (χ3n) is 5.08. The zero-order valence-corrected chi connectivity index (χ0v) is 17.6. The number of aryl methyl sites for hydroxylation is 1. The molecule has 4 rings (SSSR count). The van der Waals surface area contributed by atoms with E-state index in [-0.39, 0.29) is 12.3 Å². The van der Waals surface area contributed by atoms with Crippen LogP contribution in [-0.2, 0) is 12.7 Å². The number of halogens is 3. The zero-order chi connectivity index (χ0) is 22.7. The van der Waals surface area contributed by atoms with Gasteiger partial charge in [0.1, 0.15) is 5.75 Å². The van der Waals surface area contributed by atoms with Gasteiger partial charge in [0.2, 0.25) is 5.95 Å². The largest absolute Gasteiger partial charge is 0.496 e. The van der Waals surface area contributed by atoms with E-state index in [2.05, 4.69) is 5.32 Å². The first-order valence-electron chi connectivity index (χ1n) is 10.0. The number of alkyl halides is 3. The Hall–Kier alpha value is -3.74. The molecule has 4 nitrogen and oxygen atoms in total. The van der Waals surface area contributed by atoms with Crippen molar-refractivity contribution in [2.45, 2.75) is 19.6 Å².